The van der Waals surface area contributed by atoms with Gasteiger partial charge in [0.15, 0.2) is 0 Å². The Kier molecular flexibility index (Phi) is 6.93. The first-order valence-electron chi connectivity index (χ1n) is 8.34. The first kappa shape index (κ1) is 18.9. The largest absolute Gasteiger partial charge is 0.450 e. The fraction of sp³-hybridized carbons (Fsp3) is 0.625. The smallest absolute Gasteiger partial charge is 0.409 e. The van der Waals surface area contributed by atoms with Crippen molar-refractivity contribution in [1.82, 2.24) is 19.8 Å². The van der Waals surface area contributed by atoms with Crippen LogP contribution in [-0.4, -0.2) is 84.8 Å². The molecule has 2 heterocycles. The summed E-state index contributed by atoms with van der Waals surface area (Å²) in [5.74, 6) is 0.956. The van der Waals surface area contributed by atoms with Gasteiger partial charge in [-0.2, -0.15) is 0 Å². The van der Waals surface area contributed by atoms with E-state index in [1.807, 2.05) is 0 Å². The molecule has 9 nitrogen and oxygen atoms in total. The summed E-state index contributed by atoms with van der Waals surface area (Å²) in [6, 6.07) is 1.64. The molecule has 1 aromatic heterocycles. The van der Waals surface area contributed by atoms with Crippen LogP contribution >= 0.6 is 0 Å². The summed E-state index contributed by atoms with van der Waals surface area (Å²) in [6.07, 6.45) is -0.336. The Hall–Kier alpha value is -2.42. The van der Waals surface area contributed by atoms with Crippen molar-refractivity contribution in [2.75, 3.05) is 58.4 Å². The molecule has 0 spiro atoms. The van der Waals surface area contributed by atoms with E-state index in [9.17, 15) is 9.59 Å². The minimum Gasteiger partial charge on any atom is -0.450 e. The monoisotopic (exact) mass is 351 g/mol. The van der Waals surface area contributed by atoms with Crippen LogP contribution in [0.15, 0.2) is 6.07 Å². The number of amides is 2. The highest BCUT2D eigenvalue weighted by molar-refractivity contribution is 5.93. The van der Waals surface area contributed by atoms with Crippen LogP contribution in [-0.2, 0) is 9.47 Å². The van der Waals surface area contributed by atoms with Gasteiger partial charge < -0.3 is 24.6 Å². The van der Waals surface area contributed by atoms with Gasteiger partial charge in [0.05, 0.1) is 13.2 Å². The Morgan fingerprint density at radius 1 is 1.20 bits per heavy atom. The summed E-state index contributed by atoms with van der Waals surface area (Å²) < 4.78 is 9.97. The SMILES string of the molecule is CCOC(=O)N1CCN(C(=O)c2cc(NCCOC)nc(C)n2)CC1. The van der Waals surface area contributed by atoms with E-state index in [1.54, 1.807) is 36.8 Å². The van der Waals surface area contributed by atoms with E-state index >= 15 is 0 Å². The minimum atomic E-state index is -0.336. The number of hydrogen-bond acceptors (Lipinski definition) is 7. The summed E-state index contributed by atoms with van der Waals surface area (Å²) in [6.45, 7) is 6.81. The third-order valence-electron chi connectivity index (χ3n) is 3.76. The number of methoxy groups -OCH3 is 1. The Morgan fingerprint density at radius 2 is 1.88 bits per heavy atom. The number of rotatable bonds is 6. The zero-order valence-corrected chi connectivity index (χ0v) is 14.9. The fourth-order valence-corrected chi connectivity index (χ4v) is 2.52. The van der Waals surface area contributed by atoms with Crippen molar-refractivity contribution in [2.45, 2.75) is 13.8 Å². The van der Waals surface area contributed by atoms with Crippen molar-refractivity contribution in [3.63, 3.8) is 0 Å². The lowest BCUT2D eigenvalue weighted by Crippen LogP contribution is -2.50. The standard InChI is InChI=1S/C16H25N5O4/c1-4-25-16(23)21-8-6-20(7-9-21)15(22)13-11-14(17-5-10-24-3)19-12(2)18-13/h11H,4-10H2,1-3H3,(H,17,18,19). The number of anilines is 1. The number of ether oxygens (including phenoxy) is 2. The Bertz CT molecular complexity index is 602. The molecule has 1 aromatic rings. The van der Waals surface area contributed by atoms with Crippen LogP contribution in [0, 0.1) is 6.92 Å². The van der Waals surface area contributed by atoms with Crippen molar-refractivity contribution in [2.24, 2.45) is 0 Å². The molecule has 0 atom stereocenters. The van der Waals surface area contributed by atoms with Gasteiger partial charge in [0.2, 0.25) is 0 Å². The number of carbonyl (C=O) groups excluding carboxylic acids is 2. The Labute approximate surface area is 147 Å². The maximum absolute atomic E-state index is 12.7. The summed E-state index contributed by atoms with van der Waals surface area (Å²) >= 11 is 0. The molecule has 0 aliphatic carbocycles. The van der Waals surface area contributed by atoms with Crippen molar-refractivity contribution in [1.29, 1.82) is 0 Å². The highest BCUT2D eigenvalue weighted by atomic mass is 16.6. The average molecular weight is 351 g/mol. The van der Waals surface area contributed by atoms with Gasteiger partial charge in [0, 0.05) is 45.9 Å². The quantitative estimate of drug-likeness (QED) is 0.756. The molecule has 1 N–H and O–H groups in total. The number of hydrogen-bond donors (Lipinski definition) is 1. The molecule has 2 amide bonds. The number of nitrogens with zero attached hydrogens (tertiary/aromatic N) is 4. The molecule has 1 fully saturated rings. The Balaban J connectivity index is 1.97. The van der Waals surface area contributed by atoms with Crippen LogP contribution < -0.4 is 5.32 Å². The molecule has 1 saturated heterocycles. The van der Waals surface area contributed by atoms with E-state index in [-0.39, 0.29) is 12.0 Å². The number of piperazine rings is 1. The predicted molar refractivity (Wildman–Crippen MR) is 91.6 cm³/mol. The molecule has 2 rings (SSSR count). The highest BCUT2D eigenvalue weighted by Crippen LogP contribution is 2.12. The molecular weight excluding hydrogens is 326 g/mol. The molecule has 1 aliphatic heterocycles. The van der Waals surface area contributed by atoms with E-state index in [2.05, 4.69) is 15.3 Å². The summed E-state index contributed by atoms with van der Waals surface area (Å²) in [5, 5.41) is 3.10. The van der Waals surface area contributed by atoms with E-state index in [0.29, 0.717) is 63.3 Å². The molecule has 25 heavy (non-hydrogen) atoms. The highest BCUT2D eigenvalue weighted by Gasteiger charge is 2.26. The van der Waals surface area contributed by atoms with Crippen LogP contribution in [0.2, 0.25) is 0 Å². The average Bonchev–Trinajstić information content (AvgIpc) is 2.61. The van der Waals surface area contributed by atoms with Crippen molar-refractivity contribution in [3.05, 3.63) is 17.6 Å². The van der Waals surface area contributed by atoms with Crippen LogP contribution in [0.4, 0.5) is 10.6 Å². The second-order valence-corrected chi connectivity index (χ2v) is 5.58. The van der Waals surface area contributed by atoms with Crippen LogP contribution in [0.1, 0.15) is 23.2 Å². The minimum absolute atomic E-state index is 0.163. The first-order valence-corrected chi connectivity index (χ1v) is 8.34. The fourth-order valence-electron chi connectivity index (χ4n) is 2.52. The van der Waals surface area contributed by atoms with Gasteiger partial charge in [-0.25, -0.2) is 14.8 Å². The molecule has 0 saturated carbocycles. The molecule has 0 bridgehead atoms. The van der Waals surface area contributed by atoms with E-state index < -0.39 is 0 Å². The topological polar surface area (TPSA) is 96.9 Å². The lowest BCUT2D eigenvalue weighted by Gasteiger charge is -2.33. The number of carbonyl (C=O) groups is 2. The predicted octanol–water partition coefficient (Wildman–Crippen LogP) is 0.758. The summed E-state index contributed by atoms with van der Waals surface area (Å²) in [5.41, 5.74) is 0.344. The Morgan fingerprint density at radius 3 is 2.52 bits per heavy atom. The first-order chi connectivity index (χ1) is 12.0. The van der Waals surface area contributed by atoms with Crippen LogP contribution in [0.3, 0.4) is 0 Å². The van der Waals surface area contributed by atoms with Crippen molar-refractivity contribution in [3.8, 4) is 0 Å². The van der Waals surface area contributed by atoms with Crippen LogP contribution in [0.5, 0.6) is 0 Å². The van der Waals surface area contributed by atoms with E-state index in [4.69, 9.17) is 9.47 Å². The van der Waals surface area contributed by atoms with Crippen molar-refractivity contribution < 1.29 is 19.1 Å². The molecule has 0 aromatic carbocycles. The van der Waals surface area contributed by atoms with Crippen LogP contribution in [0.25, 0.3) is 0 Å². The maximum atomic E-state index is 12.7. The third-order valence-corrected chi connectivity index (χ3v) is 3.76. The van der Waals surface area contributed by atoms with Gasteiger partial charge in [0.1, 0.15) is 17.3 Å². The van der Waals surface area contributed by atoms with Gasteiger partial charge in [0.25, 0.3) is 5.91 Å². The third kappa shape index (κ3) is 5.28. The number of aromatic nitrogens is 2. The molecule has 0 radical (unpaired) electrons. The van der Waals surface area contributed by atoms with Gasteiger partial charge in [-0.3, -0.25) is 4.79 Å². The number of aryl methyl sites for hydroxylation is 1. The van der Waals surface area contributed by atoms with E-state index in [0.717, 1.165) is 0 Å². The molecular formula is C16H25N5O4. The van der Waals surface area contributed by atoms with E-state index in [1.165, 1.54) is 0 Å². The van der Waals surface area contributed by atoms with Gasteiger partial charge >= 0.3 is 6.09 Å². The number of nitrogens with one attached hydrogen (secondary N) is 1. The van der Waals surface area contributed by atoms with Gasteiger partial charge in [-0.1, -0.05) is 0 Å². The maximum Gasteiger partial charge on any atom is 0.409 e. The second-order valence-electron chi connectivity index (χ2n) is 5.58. The van der Waals surface area contributed by atoms with Crippen molar-refractivity contribution >= 4 is 17.8 Å². The molecule has 1 aliphatic rings. The molecule has 138 valence electrons. The van der Waals surface area contributed by atoms with Gasteiger partial charge in [-0.05, 0) is 13.8 Å². The van der Waals surface area contributed by atoms with Gasteiger partial charge in [-0.15, -0.1) is 0 Å². The zero-order valence-electron chi connectivity index (χ0n) is 14.9. The lowest BCUT2D eigenvalue weighted by atomic mass is 10.2. The lowest BCUT2D eigenvalue weighted by molar-refractivity contribution is 0.0565. The second kappa shape index (κ2) is 9.16. The molecule has 0 unspecified atom stereocenters. The molecule has 9 heteroatoms. The normalized spacial score (nSPS) is 14.4. The summed E-state index contributed by atoms with van der Waals surface area (Å²) in [4.78, 5) is 36.2. The zero-order chi connectivity index (χ0) is 18.2. The summed E-state index contributed by atoms with van der Waals surface area (Å²) in [7, 11) is 1.62.